The van der Waals surface area contributed by atoms with Crippen LogP contribution in [0.2, 0.25) is 0 Å². The molecule has 0 aliphatic heterocycles. The minimum atomic E-state index is 0.163. The van der Waals surface area contributed by atoms with E-state index in [9.17, 15) is 4.79 Å². The van der Waals surface area contributed by atoms with E-state index in [-0.39, 0.29) is 11.8 Å². The van der Waals surface area contributed by atoms with E-state index in [1.165, 1.54) is 12.8 Å². The summed E-state index contributed by atoms with van der Waals surface area (Å²) >= 11 is 0. The predicted molar refractivity (Wildman–Crippen MR) is 51.9 cm³/mol. The minimum absolute atomic E-state index is 0.163. The van der Waals surface area contributed by atoms with Crippen molar-refractivity contribution in [2.75, 3.05) is 7.05 Å². The van der Waals surface area contributed by atoms with Crippen LogP contribution in [0.5, 0.6) is 0 Å². The van der Waals surface area contributed by atoms with E-state index in [2.05, 4.69) is 19.2 Å². The molecule has 2 atom stereocenters. The van der Waals surface area contributed by atoms with Crippen molar-refractivity contribution < 1.29 is 4.79 Å². The van der Waals surface area contributed by atoms with Crippen molar-refractivity contribution in [1.29, 1.82) is 0 Å². The first-order valence-electron chi connectivity index (χ1n) is 4.83. The Morgan fingerprint density at radius 1 is 1.42 bits per heavy atom. The largest absolute Gasteiger partial charge is 0.359 e. The molecule has 0 aromatic heterocycles. The molecule has 0 radical (unpaired) electrons. The summed E-state index contributed by atoms with van der Waals surface area (Å²) in [7, 11) is 1.70. The first-order chi connectivity index (χ1) is 5.61. The smallest absolute Gasteiger partial charge is 0.222 e. The molecule has 0 saturated heterocycles. The third kappa shape index (κ3) is 4.37. The molecule has 72 valence electrons. The summed E-state index contributed by atoms with van der Waals surface area (Å²) in [6, 6.07) is 0. The fraction of sp³-hybridized carbons (Fsp3) is 0.900. The quantitative estimate of drug-likeness (QED) is 0.675. The average Bonchev–Trinajstić information content (AvgIpc) is 2.03. The Labute approximate surface area is 75.7 Å². The van der Waals surface area contributed by atoms with Gasteiger partial charge in [-0.05, 0) is 12.3 Å². The van der Waals surface area contributed by atoms with Gasteiger partial charge in [-0.2, -0.15) is 0 Å². The zero-order chi connectivity index (χ0) is 9.56. The summed E-state index contributed by atoms with van der Waals surface area (Å²) in [4.78, 5) is 11.1. The zero-order valence-electron chi connectivity index (χ0n) is 8.68. The van der Waals surface area contributed by atoms with Gasteiger partial charge in [0.25, 0.3) is 0 Å². The first kappa shape index (κ1) is 11.5. The molecule has 0 aliphatic rings. The zero-order valence-corrected chi connectivity index (χ0v) is 8.68. The Kier molecular flexibility index (Phi) is 5.77. The highest BCUT2D eigenvalue weighted by Gasteiger charge is 2.13. The highest BCUT2D eigenvalue weighted by atomic mass is 16.1. The van der Waals surface area contributed by atoms with E-state index in [0.29, 0.717) is 5.92 Å². The molecule has 0 spiro atoms. The van der Waals surface area contributed by atoms with Crippen LogP contribution in [0.15, 0.2) is 0 Å². The molecule has 2 nitrogen and oxygen atoms in total. The molecule has 0 aromatic carbocycles. The fourth-order valence-electron chi connectivity index (χ4n) is 1.57. The molecule has 1 amide bonds. The topological polar surface area (TPSA) is 29.1 Å². The molecule has 2 unspecified atom stereocenters. The molecule has 0 bridgehead atoms. The Morgan fingerprint density at radius 3 is 2.42 bits per heavy atom. The van der Waals surface area contributed by atoms with Crippen molar-refractivity contribution in [1.82, 2.24) is 5.32 Å². The maximum absolute atomic E-state index is 11.1. The third-order valence-electron chi connectivity index (χ3n) is 2.23. The van der Waals surface area contributed by atoms with Gasteiger partial charge in [0.2, 0.25) is 5.91 Å². The van der Waals surface area contributed by atoms with Gasteiger partial charge in [0.05, 0.1) is 0 Å². The monoisotopic (exact) mass is 171 g/mol. The predicted octanol–water partition coefficient (Wildman–Crippen LogP) is 2.19. The van der Waals surface area contributed by atoms with Crippen molar-refractivity contribution in [2.24, 2.45) is 11.8 Å². The van der Waals surface area contributed by atoms with E-state index < -0.39 is 0 Å². The summed E-state index contributed by atoms with van der Waals surface area (Å²) in [5.41, 5.74) is 0. The maximum atomic E-state index is 11.1. The van der Waals surface area contributed by atoms with Gasteiger partial charge in [-0.1, -0.05) is 33.6 Å². The normalized spacial score (nSPS) is 15.3. The molecule has 0 aromatic rings. The number of hydrogen-bond acceptors (Lipinski definition) is 1. The van der Waals surface area contributed by atoms with Crippen LogP contribution in [0.25, 0.3) is 0 Å². The molecule has 0 fully saturated rings. The van der Waals surface area contributed by atoms with Crippen LogP contribution in [-0.2, 0) is 4.79 Å². The summed E-state index contributed by atoms with van der Waals surface area (Å²) < 4.78 is 0. The van der Waals surface area contributed by atoms with E-state index >= 15 is 0 Å². The van der Waals surface area contributed by atoms with Crippen molar-refractivity contribution in [3.63, 3.8) is 0 Å². The van der Waals surface area contributed by atoms with Gasteiger partial charge in [-0.3, -0.25) is 4.79 Å². The number of amides is 1. The lowest BCUT2D eigenvalue weighted by Crippen LogP contribution is -2.26. The molecule has 1 N–H and O–H groups in total. The average molecular weight is 171 g/mol. The molecule has 0 rings (SSSR count). The van der Waals surface area contributed by atoms with Gasteiger partial charge in [0.1, 0.15) is 0 Å². The third-order valence-corrected chi connectivity index (χ3v) is 2.23. The number of carbonyl (C=O) groups is 1. The van der Waals surface area contributed by atoms with Crippen molar-refractivity contribution in [2.45, 2.75) is 40.0 Å². The molecular formula is C10H21NO. The van der Waals surface area contributed by atoms with Crippen molar-refractivity contribution in [3.05, 3.63) is 0 Å². The fourth-order valence-corrected chi connectivity index (χ4v) is 1.57. The van der Waals surface area contributed by atoms with Gasteiger partial charge < -0.3 is 5.32 Å². The SMILES string of the molecule is CCCC(C)CC(C)C(=O)NC. The van der Waals surface area contributed by atoms with Crippen LogP contribution in [0.1, 0.15) is 40.0 Å². The lowest BCUT2D eigenvalue weighted by atomic mass is 9.93. The maximum Gasteiger partial charge on any atom is 0.222 e. The van der Waals surface area contributed by atoms with Crippen LogP contribution in [-0.4, -0.2) is 13.0 Å². The van der Waals surface area contributed by atoms with Crippen molar-refractivity contribution in [3.8, 4) is 0 Å². The lowest BCUT2D eigenvalue weighted by molar-refractivity contribution is -0.124. The highest BCUT2D eigenvalue weighted by molar-refractivity contribution is 5.77. The van der Waals surface area contributed by atoms with Crippen molar-refractivity contribution >= 4 is 5.91 Å². The molecule has 0 aliphatic carbocycles. The molecule has 12 heavy (non-hydrogen) atoms. The first-order valence-corrected chi connectivity index (χ1v) is 4.83. The number of carbonyl (C=O) groups excluding carboxylic acids is 1. The van der Waals surface area contributed by atoms with E-state index in [1.807, 2.05) is 6.92 Å². The standard InChI is InChI=1S/C10H21NO/c1-5-6-8(2)7-9(3)10(12)11-4/h8-9H,5-7H2,1-4H3,(H,11,12). The van der Waals surface area contributed by atoms with Gasteiger partial charge in [0.15, 0.2) is 0 Å². The summed E-state index contributed by atoms with van der Waals surface area (Å²) in [5.74, 6) is 0.997. The van der Waals surface area contributed by atoms with Crippen LogP contribution >= 0.6 is 0 Å². The number of rotatable bonds is 5. The molecular weight excluding hydrogens is 150 g/mol. The van der Waals surface area contributed by atoms with Gasteiger partial charge in [-0.15, -0.1) is 0 Å². The lowest BCUT2D eigenvalue weighted by Gasteiger charge is -2.14. The Balaban J connectivity index is 3.67. The molecule has 0 saturated carbocycles. The van der Waals surface area contributed by atoms with Crippen LogP contribution in [0.3, 0.4) is 0 Å². The Bertz CT molecular complexity index is 134. The number of hydrogen-bond donors (Lipinski definition) is 1. The summed E-state index contributed by atoms with van der Waals surface area (Å²) in [6.07, 6.45) is 3.44. The second-order valence-electron chi connectivity index (χ2n) is 3.64. The molecule has 2 heteroatoms. The van der Waals surface area contributed by atoms with Crippen LogP contribution < -0.4 is 5.32 Å². The summed E-state index contributed by atoms with van der Waals surface area (Å²) in [6.45, 7) is 6.38. The Hall–Kier alpha value is -0.530. The van der Waals surface area contributed by atoms with Gasteiger partial charge in [-0.25, -0.2) is 0 Å². The highest BCUT2D eigenvalue weighted by Crippen LogP contribution is 2.16. The van der Waals surface area contributed by atoms with Gasteiger partial charge >= 0.3 is 0 Å². The van der Waals surface area contributed by atoms with Crippen LogP contribution in [0.4, 0.5) is 0 Å². The van der Waals surface area contributed by atoms with E-state index in [1.54, 1.807) is 7.05 Å². The van der Waals surface area contributed by atoms with Gasteiger partial charge in [0, 0.05) is 13.0 Å². The Morgan fingerprint density at radius 2 is 2.00 bits per heavy atom. The number of nitrogens with one attached hydrogen (secondary N) is 1. The van der Waals surface area contributed by atoms with E-state index in [4.69, 9.17) is 0 Å². The second-order valence-corrected chi connectivity index (χ2v) is 3.64. The van der Waals surface area contributed by atoms with E-state index in [0.717, 1.165) is 6.42 Å². The summed E-state index contributed by atoms with van der Waals surface area (Å²) in [5, 5.41) is 2.67. The minimum Gasteiger partial charge on any atom is -0.359 e. The second kappa shape index (κ2) is 6.04. The van der Waals surface area contributed by atoms with Crippen LogP contribution in [0, 0.1) is 11.8 Å². The molecule has 0 heterocycles.